The summed E-state index contributed by atoms with van der Waals surface area (Å²) < 4.78 is 0. The Kier molecular flexibility index (Phi) is 7.50. The predicted molar refractivity (Wildman–Crippen MR) is 66.2 cm³/mol. The van der Waals surface area contributed by atoms with Crippen LogP contribution in [0, 0.1) is 0 Å². The van der Waals surface area contributed by atoms with Gasteiger partial charge in [0, 0.05) is 19.6 Å². The first-order chi connectivity index (χ1) is 8.46. The van der Waals surface area contributed by atoms with Crippen molar-refractivity contribution >= 4 is 17.9 Å². The summed E-state index contributed by atoms with van der Waals surface area (Å²) in [5.41, 5.74) is 0. The van der Waals surface area contributed by atoms with Crippen molar-refractivity contribution in [2.45, 2.75) is 20.8 Å². The third-order valence-electron chi connectivity index (χ3n) is 2.50. The van der Waals surface area contributed by atoms with Gasteiger partial charge in [-0.05, 0) is 20.8 Å². The van der Waals surface area contributed by atoms with E-state index in [2.05, 4.69) is 5.32 Å². The second-order valence-corrected chi connectivity index (χ2v) is 3.63. The Morgan fingerprint density at radius 3 is 1.89 bits per heavy atom. The molecule has 7 heteroatoms. The minimum Gasteiger partial charge on any atom is -0.480 e. The summed E-state index contributed by atoms with van der Waals surface area (Å²) in [7, 11) is 0. The molecule has 0 aromatic heterocycles. The Morgan fingerprint density at radius 1 is 1.00 bits per heavy atom. The van der Waals surface area contributed by atoms with Gasteiger partial charge in [0.2, 0.25) is 5.91 Å². The van der Waals surface area contributed by atoms with Crippen LogP contribution >= 0.6 is 0 Å². The first-order valence-corrected chi connectivity index (χ1v) is 5.98. The zero-order valence-corrected chi connectivity index (χ0v) is 11.1. The van der Waals surface area contributed by atoms with E-state index in [1.165, 1.54) is 0 Å². The lowest BCUT2D eigenvalue weighted by molar-refractivity contribution is -0.137. The molecule has 0 bridgehead atoms. The highest BCUT2D eigenvalue weighted by Gasteiger charge is 2.16. The zero-order chi connectivity index (χ0) is 14.1. The van der Waals surface area contributed by atoms with E-state index < -0.39 is 12.0 Å². The van der Waals surface area contributed by atoms with Gasteiger partial charge in [-0.1, -0.05) is 0 Å². The molecule has 0 saturated carbocycles. The summed E-state index contributed by atoms with van der Waals surface area (Å²) in [6.07, 6.45) is 0. The lowest BCUT2D eigenvalue weighted by atomic mass is 10.4. The zero-order valence-electron chi connectivity index (χ0n) is 11.1. The number of carboxylic acid groups (broad SMARTS) is 1. The molecule has 2 N–H and O–H groups in total. The second-order valence-electron chi connectivity index (χ2n) is 3.63. The monoisotopic (exact) mass is 259 g/mol. The first kappa shape index (κ1) is 16.2. The fourth-order valence-electron chi connectivity index (χ4n) is 1.44. The molecule has 0 aromatic rings. The molecule has 7 nitrogen and oxygen atoms in total. The average Bonchev–Trinajstić information content (AvgIpc) is 2.34. The van der Waals surface area contributed by atoms with E-state index >= 15 is 0 Å². The van der Waals surface area contributed by atoms with Gasteiger partial charge in [0.25, 0.3) is 0 Å². The molecular formula is C11H21N3O4. The molecule has 0 atom stereocenters. The number of urea groups is 1. The van der Waals surface area contributed by atoms with Crippen molar-refractivity contribution < 1.29 is 19.5 Å². The maximum Gasteiger partial charge on any atom is 0.323 e. The van der Waals surface area contributed by atoms with Crippen molar-refractivity contribution in [1.29, 1.82) is 0 Å². The van der Waals surface area contributed by atoms with E-state index in [1.807, 2.05) is 13.8 Å². The molecular weight excluding hydrogens is 238 g/mol. The smallest absolute Gasteiger partial charge is 0.323 e. The first-order valence-electron chi connectivity index (χ1n) is 5.98. The molecule has 18 heavy (non-hydrogen) atoms. The average molecular weight is 259 g/mol. The molecule has 0 aliphatic carbocycles. The maximum absolute atomic E-state index is 11.6. The fourth-order valence-corrected chi connectivity index (χ4v) is 1.44. The summed E-state index contributed by atoms with van der Waals surface area (Å²) in [4.78, 5) is 36.4. The number of nitrogens with one attached hydrogen (secondary N) is 1. The van der Waals surface area contributed by atoms with E-state index in [0.29, 0.717) is 13.1 Å². The van der Waals surface area contributed by atoms with Crippen molar-refractivity contribution in [3.63, 3.8) is 0 Å². The van der Waals surface area contributed by atoms with Gasteiger partial charge < -0.3 is 20.2 Å². The predicted octanol–water partition coefficient (Wildman–Crippen LogP) is -0.0291. The minimum absolute atomic E-state index is 0.114. The van der Waals surface area contributed by atoms with Gasteiger partial charge in [-0.2, -0.15) is 0 Å². The number of rotatable bonds is 7. The largest absolute Gasteiger partial charge is 0.480 e. The summed E-state index contributed by atoms with van der Waals surface area (Å²) in [5.74, 6) is -1.26. The third kappa shape index (κ3) is 5.51. The van der Waals surface area contributed by atoms with Crippen LogP contribution in [0.1, 0.15) is 20.8 Å². The normalized spacial score (nSPS) is 9.72. The highest BCUT2D eigenvalue weighted by molar-refractivity contribution is 5.85. The Balaban J connectivity index is 4.22. The number of amides is 3. The standard InChI is InChI=1S/C11H21N3O4/c1-4-13(5-2)9(15)7-12-11(18)14(6-3)8-10(16)17/h4-8H2,1-3H3,(H,12,18)(H,16,17). The summed E-state index contributed by atoms with van der Waals surface area (Å²) in [6, 6.07) is -0.541. The Labute approximate surface area is 107 Å². The van der Waals surface area contributed by atoms with Crippen LogP contribution in [0.15, 0.2) is 0 Å². The van der Waals surface area contributed by atoms with Crippen molar-refractivity contribution in [3.05, 3.63) is 0 Å². The molecule has 3 amide bonds. The minimum atomic E-state index is -1.08. The molecule has 104 valence electrons. The van der Waals surface area contributed by atoms with Crippen molar-refractivity contribution in [1.82, 2.24) is 15.1 Å². The number of hydrogen-bond donors (Lipinski definition) is 2. The van der Waals surface area contributed by atoms with Gasteiger partial charge in [-0.25, -0.2) is 4.79 Å². The number of nitrogens with zero attached hydrogens (tertiary/aromatic N) is 2. The molecule has 0 aliphatic rings. The van der Waals surface area contributed by atoms with E-state index in [0.717, 1.165) is 4.90 Å². The van der Waals surface area contributed by atoms with Crippen LogP contribution in [0.2, 0.25) is 0 Å². The van der Waals surface area contributed by atoms with Crippen LogP contribution in [-0.2, 0) is 9.59 Å². The fraction of sp³-hybridized carbons (Fsp3) is 0.727. The van der Waals surface area contributed by atoms with Crippen LogP contribution in [0.25, 0.3) is 0 Å². The summed E-state index contributed by atoms with van der Waals surface area (Å²) in [6.45, 7) is 6.33. The number of carbonyl (C=O) groups excluding carboxylic acids is 2. The van der Waals surface area contributed by atoms with Crippen LogP contribution < -0.4 is 5.32 Å². The van der Waals surface area contributed by atoms with Gasteiger partial charge in [0.05, 0.1) is 6.54 Å². The SMILES string of the molecule is CCN(CC)C(=O)CNC(=O)N(CC)CC(=O)O. The van der Waals surface area contributed by atoms with E-state index in [4.69, 9.17) is 5.11 Å². The molecule has 0 rings (SSSR count). The van der Waals surface area contributed by atoms with E-state index in [9.17, 15) is 14.4 Å². The lowest BCUT2D eigenvalue weighted by Gasteiger charge is -2.22. The van der Waals surface area contributed by atoms with Crippen molar-refractivity contribution in [2.24, 2.45) is 0 Å². The molecule has 0 fully saturated rings. The van der Waals surface area contributed by atoms with Gasteiger partial charge in [0.1, 0.15) is 6.54 Å². The second kappa shape index (κ2) is 8.32. The Hall–Kier alpha value is -1.79. The van der Waals surface area contributed by atoms with E-state index in [-0.39, 0.29) is 25.5 Å². The Bertz CT molecular complexity index is 303. The molecule has 0 aliphatic heterocycles. The number of aliphatic carboxylic acids is 1. The van der Waals surface area contributed by atoms with Gasteiger partial charge in [-0.3, -0.25) is 9.59 Å². The lowest BCUT2D eigenvalue weighted by Crippen LogP contribution is -2.46. The molecule has 0 spiro atoms. The summed E-state index contributed by atoms with van der Waals surface area (Å²) in [5, 5.41) is 11.0. The van der Waals surface area contributed by atoms with Gasteiger partial charge >= 0.3 is 12.0 Å². The molecule has 0 heterocycles. The van der Waals surface area contributed by atoms with Crippen molar-refractivity contribution in [2.75, 3.05) is 32.7 Å². The third-order valence-corrected chi connectivity index (χ3v) is 2.50. The van der Waals surface area contributed by atoms with Gasteiger partial charge in [0.15, 0.2) is 0 Å². The number of carbonyl (C=O) groups is 3. The van der Waals surface area contributed by atoms with Crippen molar-refractivity contribution in [3.8, 4) is 0 Å². The molecule has 0 unspecified atom stereocenters. The Morgan fingerprint density at radius 2 is 1.50 bits per heavy atom. The molecule has 0 saturated heterocycles. The summed E-state index contributed by atoms with van der Waals surface area (Å²) >= 11 is 0. The maximum atomic E-state index is 11.6. The van der Waals surface area contributed by atoms with Crippen LogP contribution in [0.5, 0.6) is 0 Å². The van der Waals surface area contributed by atoms with Crippen LogP contribution in [-0.4, -0.2) is 65.5 Å². The molecule has 0 aromatic carbocycles. The number of likely N-dealkylation sites (N-methyl/N-ethyl adjacent to an activating group) is 2. The highest BCUT2D eigenvalue weighted by Crippen LogP contribution is 1.91. The number of carboxylic acids is 1. The topological polar surface area (TPSA) is 90.0 Å². The molecule has 0 radical (unpaired) electrons. The number of hydrogen-bond acceptors (Lipinski definition) is 3. The quantitative estimate of drug-likeness (QED) is 0.672. The van der Waals surface area contributed by atoms with E-state index in [1.54, 1.807) is 11.8 Å². The van der Waals surface area contributed by atoms with Crippen LogP contribution in [0.3, 0.4) is 0 Å². The van der Waals surface area contributed by atoms with Gasteiger partial charge in [-0.15, -0.1) is 0 Å². The van der Waals surface area contributed by atoms with Crippen LogP contribution in [0.4, 0.5) is 4.79 Å². The highest BCUT2D eigenvalue weighted by atomic mass is 16.4.